The lowest BCUT2D eigenvalue weighted by molar-refractivity contribution is -0.137. The van der Waals surface area contributed by atoms with Crippen LogP contribution in [0.15, 0.2) is 18.2 Å². The number of aromatic hydroxyl groups is 1. The van der Waals surface area contributed by atoms with Crippen LogP contribution in [0.3, 0.4) is 0 Å². The molecular weight excluding hydrogens is 250 g/mol. The molecule has 6 nitrogen and oxygen atoms in total. The number of benzene rings is 1. The smallest absolute Gasteiger partial charge is 0.305 e. The zero-order chi connectivity index (χ0) is 14.4. The third-order valence-electron chi connectivity index (χ3n) is 2.70. The number of rotatable bonds is 6. The van der Waals surface area contributed by atoms with Crippen LogP contribution in [0.5, 0.6) is 11.5 Å². The minimum atomic E-state index is -0.980. The Kier molecular flexibility index (Phi) is 5.17. The number of carboxylic acid groups (broad SMARTS) is 1. The molecule has 104 valence electrons. The van der Waals surface area contributed by atoms with Crippen molar-refractivity contribution < 1.29 is 24.5 Å². The van der Waals surface area contributed by atoms with Gasteiger partial charge in [-0.15, -0.1) is 0 Å². The van der Waals surface area contributed by atoms with Gasteiger partial charge in [0.15, 0.2) is 0 Å². The first-order chi connectivity index (χ1) is 8.97. The number of hydrogen-bond donors (Lipinski definition) is 3. The van der Waals surface area contributed by atoms with Gasteiger partial charge in [0.2, 0.25) is 0 Å². The summed E-state index contributed by atoms with van der Waals surface area (Å²) in [6, 6.07) is 3.84. The van der Waals surface area contributed by atoms with Gasteiger partial charge in [-0.1, -0.05) is 6.92 Å². The van der Waals surface area contributed by atoms with E-state index in [1.165, 1.54) is 19.2 Å². The number of carbonyl (C=O) groups excluding carboxylic acids is 1. The van der Waals surface area contributed by atoms with Crippen molar-refractivity contribution in [2.75, 3.05) is 7.11 Å². The summed E-state index contributed by atoms with van der Waals surface area (Å²) < 4.78 is 4.92. The Morgan fingerprint density at radius 1 is 1.42 bits per heavy atom. The molecule has 1 aromatic rings. The van der Waals surface area contributed by atoms with E-state index in [0.717, 1.165) is 0 Å². The standard InChI is InChI=1S/C13H17NO5/c1-3-8(6-12(16)17)14-13(18)10-5-4-9(19-2)7-11(10)15/h4-5,7-8,15H,3,6H2,1-2H3,(H,14,18)(H,16,17). The normalized spacial score (nSPS) is 11.7. The average Bonchev–Trinajstić information content (AvgIpc) is 2.36. The second-order valence-electron chi connectivity index (χ2n) is 4.06. The van der Waals surface area contributed by atoms with Crippen LogP contribution in [0, 0.1) is 0 Å². The van der Waals surface area contributed by atoms with Gasteiger partial charge >= 0.3 is 5.97 Å². The lowest BCUT2D eigenvalue weighted by Gasteiger charge is -2.15. The van der Waals surface area contributed by atoms with E-state index in [1.807, 2.05) is 0 Å². The van der Waals surface area contributed by atoms with Gasteiger partial charge in [0.05, 0.1) is 19.1 Å². The van der Waals surface area contributed by atoms with Gasteiger partial charge in [0.1, 0.15) is 11.5 Å². The van der Waals surface area contributed by atoms with Crippen LogP contribution >= 0.6 is 0 Å². The van der Waals surface area contributed by atoms with Crippen LogP contribution in [0.4, 0.5) is 0 Å². The fourth-order valence-electron chi connectivity index (χ4n) is 1.60. The number of carbonyl (C=O) groups is 2. The largest absolute Gasteiger partial charge is 0.507 e. The minimum Gasteiger partial charge on any atom is -0.507 e. The molecule has 19 heavy (non-hydrogen) atoms. The lowest BCUT2D eigenvalue weighted by Crippen LogP contribution is -2.36. The highest BCUT2D eigenvalue weighted by Gasteiger charge is 2.17. The van der Waals surface area contributed by atoms with Gasteiger partial charge < -0.3 is 20.3 Å². The van der Waals surface area contributed by atoms with Crippen molar-refractivity contribution in [1.29, 1.82) is 0 Å². The topological polar surface area (TPSA) is 95.9 Å². The molecule has 0 spiro atoms. The third kappa shape index (κ3) is 4.17. The predicted molar refractivity (Wildman–Crippen MR) is 68.5 cm³/mol. The molecule has 1 rings (SSSR count). The van der Waals surface area contributed by atoms with E-state index in [-0.39, 0.29) is 17.7 Å². The van der Waals surface area contributed by atoms with Gasteiger partial charge in [-0.3, -0.25) is 9.59 Å². The van der Waals surface area contributed by atoms with E-state index in [2.05, 4.69) is 5.32 Å². The van der Waals surface area contributed by atoms with Gasteiger partial charge in [-0.2, -0.15) is 0 Å². The maximum atomic E-state index is 11.9. The minimum absolute atomic E-state index is 0.0876. The van der Waals surface area contributed by atoms with Gasteiger partial charge in [-0.05, 0) is 18.6 Å². The van der Waals surface area contributed by atoms with E-state index in [1.54, 1.807) is 13.0 Å². The molecule has 0 bridgehead atoms. The average molecular weight is 267 g/mol. The summed E-state index contributed by atoms with van der Waals surface area (Å²) in [4.78, 5) is 22.5. The fraction of sp³-hybridized carbons (Fsp3) is 0.385. The molecule has 1 aromatic carbocycles. The van der Waals surface area contributed by atoms with Crippen LogP contribution in [-0.4, -0.2) is 35.2 Å². The number of ether oxygens (including phenoxy) is 1. The Bertz CT molecular complexity index is 472. The number of phenols is 1. The molecule has 3 N–H and O–H groups in total. The Balaban J connectivity index is 2.79. The highest BCUT2D eigenvalue weighted by atomic mass is 16.5. The van der Waals surface area contributed by atoms with E-state index < -0.39 is 17.9 Å². The van der Waals surface area contributed by atoms with Crippen molar-refractivity contribution in [3.8, 4) is 11.5 Å². The number of nitrogens with one attached hydrogen (secondary N) is 1. The zero-order valence-electron chi connectivity index (χ0n) is 10.8. The Morgan fingerprint density at radius 3 is 2.58 bits per heavy atom. The number of carboxylic acids is 1. The van der Waals surface area contributed by atoms with Crippen molar-refractivity contribution >= 4 is 11.9 Å². The second kappa shape index (κ2) is 6.63. The van der Waals surface area contributed by atoms with Crippen molar-refractivity contribution in [2.24, 2.45) is 0 Å². The van der Waals surface area contributed by atoms with Crippen LogP contribution in [0.2, 0.25) is 0 Å². The molecule has 0 aliphatic rings. The summed E-state index contributed by atoms with van der Waals surface area (Å²) in [7, 11) is 1.45. The summed E-state index contributed by atoms with van der Waals surface area (Å²) >= 11 is 0. The number of amides is 1. The van der Waals surface area contributed by atoms with Crippen LogP contribution < -0.4 is 10.1 Å². The molecule has 0 radical (unpaired) electrons. The highest BCUT2D eigenvalue weighted by molar-refractivity contribution is 5.97. The fourth-order valence-corrected chi connectivity index (χ4v) is 1.60. The molecule has 1 amide bonds. The number of methoxy groups -OCH3 is 1. The SMILES string of the molecule is CCC(CC(=O)O)NC(=O)c1ccc(OC)cc1O. The number of hydrogen-bond acceptors (Lipinski definition) is 4. The monoisotopic (exact) mass is 267 g/mol. The molecule has 1 atom stereocenters. The van der Waals surface area contributed by atoms with Gasteiger partial charge in [0.25, 0.3) is 5.91 Å². The first-order valence-electron chi connectivity index (χ1n) is 5.87. The maximum absolute atomic E-state index is 11.9. The molecule has 0 heterocycles. The first-order valence-corrected chi connectivity index (χ1v) is 5.87. The predicted octanol–water partition coefficient (Wildman–Crippen LogP) is 1.38. The Labute approximate surface area is 111 Å². The van der Waals surface area contributed by atoms with Crippen molar-refractivity contribution in [3.05, 3.63) is 23.8 Å². The summed E-state index contributed by atoms with van der Waals surface area (Å²) in [5.41, 5.74) is 0.0876. The van der Waals surface area contributed by atoms with Crippen LogP contribution in [0.25, 0.3) is 0 Å². The van der Waals surface area contributed by atoms with Crippen LogP contribution in [-0.2, 0) is 4.79 Å². The molecule has 0 aromatic heterocycles. The molecule has 0 aliphatic heterocycles. The van der Waals surface area contributed by atoms with Crippen LogP contribution in [0.1, 0.15) is 30.1 Å². The van der Waals surface area contributed by atoms with E-state index >= 15 is 0 Å². The molecular formula is C13H17NO5. The Hall–Kier alpha value is -2.24. The zero-order valence-corrected chi connectivity index (χ0v) is 10.8. The molecule has 0 aliphatic carbocycles. The van der Waals surface area contributed by atoms with Crippen molar-refractivity contribution in [3.63, 3.8) is 0 Å². The molecule has 6 heteroatoms. The van der Waals surface area contributed by atoms with Gasteiger partial charge in [-0.25, -0.2) is 0 Å². The summed E-state index contributed by atoms with van der Waals surface area (Å²) in [5.74, 6) is -1.26. The van der Waals surface area contributed by atoms with Gasteiger partial charge in [0, 0.05) is 12.1 Å². The van der Waals surface area contributed by atoms with E-state index in [4.69, 9.17) is 9.84 Å². The quantitative estimate of drug-likeness (QED) is 0.723. The number of phenolic OH excluding ortho intramolecular Hbond substituents is 1. The number of aliphatic carboxylic acids is 1. The highest BCUT2D eigenvalue weighted by Crippen LogP contribution is 2.23. The Morgan fingerprint density at radius 2 is 2.11 bits per heavy atom. The first kappa shape index (κ1) is 14.8. The third-order valence-corrected chi connectivity index (χ3v) is 2.70. The summed E-state index contributed by atoms with van der Waals surface area (Å²) in [5, 5.41) is 21.0. The molecule has 1 unspecified atom stereocenters. The molecule has 0 saturated heterocycles. The molecule has 0 saturated carbocycles. The van der Waals surface area contributed by atoms with E-state index in [0.29, 0.717) is 12.2 Å². The summed E-state index contributed by atoms with van der Waals surface area (Å²) in [6.07, 6.45) is 0.341. The maximum Gasteiger partial charge on any atom is 0.305 e. The van der Waals surface area contributed by atoms with Crippen molar-refractivity contribution in [1.82, 2.24) is 5.32 Å². The lowest BCUT2D eigenvalue weighted by atomic mass is 10.1. The summed E-state index contributed by atoms with van der Waals surface area (Å²) in [6.45, 7) is 1.78. The van der Waals surface area contributed by atoms with Crippen molar-refractivity contribution in [2.45, 2.75) is 25.8 Å². The molecule has 0 fully saturated rings. The second-order valence-corrected chi connectivity index (χ2v) is 4.06. The van der Waals surface area contributed by atoms with E-state index in [9.17, 15) is 14.7 Å².